The second kappa shape index (κ2) is 10.5. The van der Waals surface area contributed by atoms with Crippen LogP contribution in [-0.4, -0.2) is 51.3 Å². The van der Waals surface area contributed by atoms with E-state index in [1.165, 1.54) is 17.7 Å². The summed E-state index contributed by atoms with van der Waals surface area (Å²) in [5, 5.41) is 7.12. The maximum Gasteiger partial charge on any atom is 0.490 e. The Morgan fingerprint density at radius 2 is 1.75 bits per heavy atom. The highest BCUT2D eigenvalue weighted by atomic mass is 19.4. The number of hydrogen-bond donors (Lipinski definition) is 3. The summed E-state index contributed by atoms with van der Waals surface area (Å²) in [4.78, 5) is 19.1. The fourth-order valence-corrected chi connectivity index (χ4v) is 4.03. The normalized spacial score (nSPS) is 16.1. The predicted octanol–water partition coefficient (Wildman–Crippen LogP) is 5.20. The van der Waals surface area contributed by atoms with Crippen molar-refractivity contribution in [1.82, 2.24) is 14.9 Å². The summed E-state index contributed by atoms with van der Waals surface area (Å²) >= 11 is 0. The fourth-order valence-electron chi connectivity index (χ4n) is 4.03. The number of aromatic nitrogens is 2. The van der Waals surface area contributed by atoms with Gasteiger partial charge in [0.25, 0.3) is 0 Å². The first kappa shape index (κ1) is 25.3. The van der Waals surface area contributed by atoms with E-state index in [1.807, 2.05) is 12.1 Å². The molecule has 1 aliphatic heterocycles. The SMILES string of the molecule is NC1CCN(Cc2ccc(-c3cccc(-c4nc5ccc(F)cc5[nH]4)c3)cc2)C1.O=C(O)C(F)(F)F. The molecule has 0 spiro atoms. The van der Waals surface area contributed by atoms with Crippen LogP contribution in [0.5, 0.6) is 0 Å². The molecule has 4 N–H and O–H groups in total. The van der Waals surface area contributed by atoms with E-state index in [2.05, 4.69) is 51.3 Å². The Kier molecular flexibility index (Phi) is 7.37. The minimum atomic E-state index is -5.08. The van der Waals surface area contributed by atoms with Gasteiger partial charge in [0.15, 0.2) is 0 Å². The number of likely N-dealkylation sites (tertiary alicyclic amines) is 1. The number of halogens is 4. The van der Waals surface area contributed by atoms with Crippen molar-refractivity contribution in [1.29, 1.82) is 0 Å². The molecule has 0 amide bonds. The van der Waals surface area contributed by atoms with E-state index in [0.717, 1.165) is 54.1 Å². The van der Waals surface area contributed by atoms with E-state index in [-0.39, 0.29) is 5.82 Å². The highest BCUT2D eigenvalue weighted by molar-refractivity contribution is 5.80. The number of fused-ring (bicyclic) bond motifs is 1. The van der Waals surface area contributed by atoms with Crippen molar-refractivity contribution in [3.05, 3.63) is 78.1 Å². The number of rotatable bonds is 4. The fraction of sp³-hybridized carbons (Fsp3) is 0.231. The number of H-pyrrole nitrogens is 1. The van der Waals surface area contributed by atoms with E-state index in [1.54, 1.807) is 6.07 Å². The van der Waals surface area contributed by atoms with Gasteiger partial charge in [-0.15, -0.1) is 0 Å². The standard InChI is InChI=1S/C24H23FN4.C2HF3O2/c25-20-8-9-22-23(13-20)28-24(27-22)19-3-1-2-18(12-19)17-6-4-16(5-7-17)14-29-11-10-21(26)15-29;3-2(4,5)1(6)7/h1-9,12-13,21H,10-11,14-15,26H2,(H,27,28);(H,6,7). The molecule has 4 aromatic rings. The van der Waals surface area contributed by atoms with Gasteiger partial charge < -0.3 is 15.8 Å². The van der Waals surface area contributed by atoms with E-state index < -0.39 is 12.1 Å². The highest BCUT2D eigenvalue weighted by Crippen LogP contribution is 2.27. The summed E-state index contributed by atoms with van der Waals surface area (Å²) in [5.41, 5.74) is 12.0. The van der Waals surface area contributed by atoms with Gasteiger partial charge in [0, 0.05) is 31.2 Å². The lowest BCUT2D eigenvalue weighted by molar-refractivity contribution is -0.192. The Morgan fingerprint density at radius 1 is 1.06 bits per heavy atom. The zero-order valence-corrected chi connectivity index (χ0v) is 19.1. The number of aromatic amines is 1. The van der Waals surface area contributed by atoms with Gasteiger partial charge in [-0.3, -0.25) is 4.90 Å². The van der Waals surface area contributed by atoms with Gasteiger partial charge in [-0.05, 0) is 47.4 Å². The van der Waals surface area contributed by atoms with Gasteiger partial charge in [-0.25, -0.2) is 14.2 Å². The lowest BCUT2D eigenvalue weighted by Crippen LogP contribution is -2.26. The molecule has 6 nitrogen and oxygen atoms in total. The second-order valence-electron chi connectivity index (χ2n) is 8.61. The quantitative estimate of drug-likeness (QED) is 0.335. The average molecular weight is 500 g/mol. The predicted molar refractivity (Wildman–Crippen MR) is 128 cm³/mol. The van der Waals surface area contributed by atoms with Crippen molar-refractivity contribution in [2.45, 2.75) is 25.2 Å². The summed E-state index contributed by atoms with van der Waals surface area (Å²) < 4.78 is 45.2. The van der Waals surface area contributed by atoms with Crippen LogP contribution in [0.3, 0.4) is 0 Å². The largest absolute Gasteiger partial charge is 0.490 e. The van der Waals surface area contributed by atoms with Crippen molar-refractivity contribution in [3.63, 3.8) is 0 Å². The molecule has 1 atom stereocenters. The molecule has 5 rings (SSSR count). The Bertz CT molecular complexity index is 1350. The van der Waals surface area contributed by atoms with Gasteiger partial charge in [0.2, 0.25) is 0 Å². The van der Waals surface area contributed by atoms with Crippen LogP contribution in [0.2, 0.25) is 0 Å². The minimum Gasteiger partial charge on any atom is -0.475 e. The molecule has 1 aromatic heterocycles. The maximum atomic E-state index is 13.5. The summed E-state index contributed by atoms with van der Waals surface area (Å²) in [6.07, 6.45) is -4.00. The molecule has 36 heavy (non-hydrogen) atoms. The number of carboxylic acids is 1. The molecule has 1 aliphatic rings. The summed E-state index contributed by atoms with van der Waals surface area (Å²) in [7, 11) is 0. The number of nitrogens with two attached hydrogens (primary N) is 1. The third-order valence-electron chi connectivity index (χ3n) is 5.82. The van der Waals surface area contributed by atoms with Crippen LogP contribution in [-0.2, 0) is 11.3 Å². The average Bonchev–Trinajstić information content (AvgIpc) is 3.45. The Labute approximate surface area is 204 Å². The molecule has 1 unspecified atom stereocenters. The molecule has 0 aliphatic carbocycles. The second-order valence-corrected chi connectivity index (χ2v) is 8.61. The first-order valence-corrected chi connectivity index (χ1v) is 11.2. The number of benzene rings is 3. The summed E-state index contributed by atoms with van der Waals surface area (Å²) in [5.74, 6) is -2.28. The van der Waals surface area contributed by atoms with Crippen LogP contribution in [0.4, 0.5) is 17.6 Å². The smallest absolute Gasteiger partial charge is 0.475 e. The van der Waals surface area contributed by atoms with Crippen LogP contribution in [0, 0.1) is 5.82 Å². The van der Waals surface area contributed by atoms with E-state index in [0.29, 0.717) is 11.6 Å². The van der Waals surface area contributed by atoms with E-state index in [9.17, 15) is 17.6 Å². The van der Waals surface area contributed by atoms with Crippen molar-refractivity contribution >= 4 is 17.0 Å². The number of carbonyl (C=O) groups is 1. The van der Waals surface area contributed by atoms with Crippen molar-refractivity contribution in [2.24, 2.45) is 5.73 Å². The molecule has 0 saturated carbocycles. The third-order valence-corrected chi connectivity index (χ3v) is 5.82. The number of nitrogens with zero attached hydrogens (tertiary/aromatic N) is 2. The summed E-state index contributed by atoms with van der Waals surface area (Å²) in [6, 6.07) is 21.9. The Balaban J connectivity index is 0.000000384. The molecule has 0 bridgehead atoms. The first-order valence-electron chi connectivity index (χ1n) is 11.2. The van der Waals surface area contributed by atoms with Gasteiger partial charge in [0.1, 0.15) is 11.6 Å². The van der Waals surface area contributed by atoms with Gasteiger partial charge in [-0.2, -0.15) is 13.2 Å². The Hall–Kier alpha value is -3.76. The molecule has 188 valence electrons. The summed E-state index contributed by atoms with van der Waals surface area (Å²) in [6.45, 7) is 3.00. The molecule has 2 heterocycles. The minimum absolute atomic E-state index is 0.266. The highest BCUT2D eigenvalue weighted by Gasteiger charge is 2.38. The monoisotopic (exact) mass is 500 g/mol. The zero-order valence-electron chi connectivity index (χ0n) is 19.1. The molecular weight excluding hydrogens is 476 g/mol. The molecular formula is C26H24F4N4O2. The van der Waals surface area contributed by atoms with Crippen LogP contribution in [0.15, 0.2) is 66.7 Å². The number of carboxylic acid groups (broad SMARTS) is 1. The van der Waals surface area contributed by atoms with Crippen molar-refractivity contribution in [2.75, 3.05) is 13.1 Å². The van der Waals surface area contributed by atoms with Crippen LogP contribution < -0.4 is 5.73 Å². The maximum absolute atomic E-state index is 13.5. The molecule has 10 heteroatoms. The molecule has 1 saturated heterocycles. The van der Waals surface area contributed by atoms with Crippen molar-refractivity contribution in [3.8, 4) is 22.5 Å². The first-order chi connectivity index (χ1) is 17.1. The lowest BCUT2D eigenvalue weighted by atomic mass is 10.0. The number of nitrogens with one attached hydrogen (secondary N) is 1. The van der Waals surface area contributed by atoms with Crippen LogP contribution in [0.25, 0.3) is 33.5 Å². The number of alkyl halides is 3. The van der Waals surface area contributed by atoms with Crippen molar-refractivity contribution < 1.29 is 27.5 Å². The third kappa shape index (κ3) is 6.27. The van der Waals surface area contributed by atoms with E-state index >= 15 is 0 Å². The lowest BCUT2D eigenvalue weighted by Gasteiger charge is -2.15. The molecule has 3 aromatic carbocycles. The van der Waals surface area contributed by atoms with Crippen LogP contribution >= 0.6 is 0 Å². The number of imidazole rings is 1. The zero-order chi connectivity index (χ0) is 25.9. The number of hydrogen-bond acceptors (Lipinski definition) is 4. The van der Waals surface area contributed by atoms with Crippen LogP contribution in [0.1, 0.15) is 12.0 Å². The van der Waals surface area contributed by atoms with Gasteiger partial charge in [0.05, 0.1) is 11.0 Å². The van der Waals surface area contributed by atoms with E-state index in [4.69, 9.17) is 15.6 Å². The van der Waals surface area contributed by atoms with Gasteiger partial charge in [-0.1, -0.05) is 42.5 Å². The number of aliphatic carboxylic acids is 1. The Morgan fingerprint density at radius 3 is 2.39 bits per heavy atom. The molecule has 0 radical (unpaired) electrons. The molecule has 1 fully saturated rings. The van der Waals surface area contributed by atoms with Gasteiger partial charge >= 0.3 is 12.1 Å². The topological polar surface area (TPSA) is 95.2 Å².